The summed E-state index contributed by atoms with van der Waals surface area (Å²) in [4.78, 5) is 18.9. The molecule has 23 heavy (non-hydrogen) atoms. The summed E-state index contributed by atoms with van der Waals surface area (Å²) in [6.45, 7) is 6.38. The number of rotatable bonds is 4. The molecule has 1 aromatic carbocycles. The van der Waals surface area contributed by atoms with Crippen LogP contribution in [-0.2, 0) is 4.79 Å². The van der Waals surface area contributed by atoms with E-state index in [1.807, 2.05) is 36.4 Å². The van der Waals surface area contributed by atoms with E-state index >= 15 is 0 Å². The van der Waals surface area contributed by atoms with E-state index in [0.717, 1.165) is 36.0 Å². The van der Waals surface area contributed by atoms with Crippen LogP contribution in [0.25, 0.3) is 17.0 Å². The van der Waals surface area contributed by atoms with Crippen molar-refractivity contribution in [1.29, 1.82) is 0 Å². The molecule has 1 saturated heterocycles. The summed E-state index contributed by atoms with van der Waals surface area (Å²) >= 11 is 0. The van der Waals surface area contributed by atoms with E-state index in [2.05, 4.69) is 29.0 Å². The predicted octanol–water partition coefficient (Wildman–Crippen LogP) is 2.85. The predicted molar refractivity (Wildman–Crippen MR) is 94.0 cm³/mol. The number of para-hydroxylation sites is 1. The first-order valence-corrected chi connectivity index (χ1v) is 8.20. The molecule has 2 heterocycles. The highest BCUT2D eigenvalue weighted by atomic mass is 16.1. The van der Waals surface area contributed by atoms with Crippen LogP contribution in [0.2, 0.25) is 0 Å². The van der Waals surface area contributed by atoms with Crippen LogP contribution in [-0.4, -0.2) is 41.0 Å². The molecule has 120 valence electrons. The van der Waals surface area contributed by atoms with Gasteiger partial charge >= 0.3 is 0 Å². The highest BCUT2D eigenvalue weighted by Gasteiger charge is 2.24. The number of likely N-dealkylation sites (tertiary alicyclic amines) is 1. The van der Waals surface area contributed by atoms with Crippen LogP contribution in [0.1, 0.15) is 25.8 Å². The van der Waals surface area contributed by atoms with Gasteiger partial charge in [0.1, 0.15) is 0 Å². The Morgan fingerprint density at radius 1 is 1.35 bits per heavy atom. The lowest BCUT2D eigenvalue weighted by Gasteiger charge is -2.20. The van der Waals surface area contributed by atoms with Crippen molar-refractivity contribution in [2.75, 3.05) is 13.1 Å². The zero-order valence-corrected chi connectivity index (χ0v) is 13.7. The van der Waals surface area contributed by atoms with E-state index in [1.54, 1.807) is 12.3 Å². The Balaban J connectivity index is 1.64. The Kier molecular flexibility index (Phi) is 4.72. The van der Waals surface area contributed by atoms with Crippen molar-refractivity contribution in [3.8, 4) is 0 Å². The summed E-state index contributed by atoms with van der Waals surface area (Å²) in [5.41, 5.74) is 1.89. The maximum absolute atomic E-state index is 12.1. The number of hydrogen-bond donors (Lipinski definition) is 1. The van der Waals surface area contributed by atoms with Gasteiger partial charge in [-0.2, -0.15) is 0 Å². The van der Waals surface area contributed by atoms with Crippen LogP contribution in [0.5, 0.6) is 0 Å². The van der Waals surface area contributed by atoms with Crippen molar-refractivity contribution in [2.24, 2.45) is 0 Å². The third-order valence-corrected chi connectivity index (χ3v) is 4.37. The molecule has 4 nitrogen and oxygen atoms in total. The van der Waals surface area contributed by atoms with Crippen molar-refractivity contribution in [3.05, 3.63) is 48.2 Å². The second-order valence-electron chi connectivity index (χ2n) is 6.34. The number of aromatic nitrogens is 1. The minimum absolute atomic E-state index is 0.0338. The van der Waals surface area contributed by atoms with Gasteiger partial charge in [-0.05, 0) is 32.4 Å². The molecule has 0 spiro atoms. The minimum Gasteiger partial charge on any atom is -0.348 e. The number of amides is 1. The molecule has 1 N–H and O–H groups in total. The first-order valence-electron chi connectivity index (χ1n) is 8.20. The summed E-state index contributed by atoms with van der Waals surface area (Å²) in [6.07, 6.45) is 6.26. The lowest BCUT2D eigenvalue weighted by molar-refractivity contribution is -0.117. The summed E-state index contributed by atoms with van der Waals surface area (Å²) in [5, 5.41) is 4.18. The molecule has 1 aromatic heterocycles. The van der Waals surface area contributed by atoms with Gasteiger partial charge in [0.25, 0.3) is 0 Å². The first-order chi connectivity index (χ1) is 11.1. The zero-order valence-electron chi connectivity index (χ0n) is 13.7. The maximum atomic E-state index is 12.1. The molecule has 1 atom stereocenters. The summed E-state index contributed by atoms with van der Waals surface area (Å²) in [7, 11) is 0. The number of pyridine rings is 1. The Hall–Kier alpha value is -2.20. The van der Waals surface area contributed by atoms with Gasteiger partial charge in [-0.3, -0.25) is 14.7 Å². The van der Waals surface area contributed by atoms with Crippen LogP contribution < -0.4 is 5.32 Å². The molecule has 4 heteroatoms. The third-order valence-electron chi connectivity index (χ3n) is 4.37. The van der Waals surface area contributed by atoms with E-state index < -0.39 is 0 Å². The Bertz CT molecular complexity index is 718. The average Bonchev–Trinajstić information content (AvgIpc) is 3.01. The van der Waals surface area contributed by atoms with E-state index in [1.165, 1.54) is 0 Å². The fraction of sp³-hybridized carbons (Fsp3) is 0.368. The van der Waals surface area contributed by atoms with Crippen molar-refractivity contribution in [1.82, 2.24) is 15.2 Å². The van der Waals surface area contributed by atoms with Gasteiger partial charge in [0, 0.05) is 48.4 Å². The molecule has 0 unspecified atom stereocenters. The van der Waals surface area contributed by atoms with Gasteiger partial charge in [-0.25, -0.2) is 0 Å². The molecule has 3 rings (SSSR count). The lowest BCUT2D eigenvalue weighted by Crippen LogP contribution is -2.37. The fourth-order valence-electron chi connectivity index (χ4n) is 3.05. The van der Waals surface area contributed by atoms with Gasteiger partial charge in [0.2, 0.25) is 5.91 Å². The number of nitrogens with one attached hydrogen (secondary N) is 1. The molecule has 1 amide bonds. The second-order valence-corrected chi connectivity index (χ2v) is 6.34. The molecule has 1 aliphatic rings. The molecular formula is C19H23N3O. The number of carbonyl (C=O) groups excluding carboxylic acids is 1. The monoisotopic (exact) mass is 309 g/mol. The molecule has 0 aliphatic carbocycles. The number of nitrogens with zero attached hydrogens (tertiary/aromatic N) is 2. The van der Waals surface area contributed by atoms with E-state index in [9.17, 15) is 4.79 Å². The quantitative estimate of drug-likeness (QED) is 0.883. The molecular weight excluding hydrogens is 286 g/mol. The van der Waals surface area contributed by atoms with Crippen molar-refractivity contribution >= 4 is 22.9 Å². The molecule has 0 radical (unpaired) electrons. The number of hydrogen-bond acceptors (Lipinski definition) is 3. The van der Waals surface area contributed by atoms with Gasteiger partial charge in [-0.1, -0.05) is 24.3 Å². The third kappa shape index (κ3) is 3.77. The fourth-order valence-corrected chi connectivity index (χ4v) is 3.05. The van der Waals surface area contributed by atoms with Gasteiger partial charge in [0.05, 0.1) is 5.52 Å². The topological polar surface area (TPSA) is 45.2 Å². The summed E-state index contributed by atoms with van der Waals surface area (Å²) in [6, 6.07) is 10.7. The van der Waals surface area contributed by atoms with Crippen LogP contribution in [0.4, 0.5) is 0 Å². The zero-order chi connectivity index (χ0) is 16.2. The lowest BCUT2D eigenvalue weighted by atomic mass is 10.1. The van der Waals surface area contributed by atoms with Crippen LogP contribution in [0.15, 0.2) is 42.6 Å². The first kappa shape index (κ1) is 15.7. The van der Waals surface area contributed by atoms with Crippen LogP contribution in [0.3, 0.4) is 0 Å². The van der Waals surface area contributed by atoms with E-state index in [-0.39, 0.29) is 11.9 Å². The largest absolute Gasteiger partial charge is 0.348 e. The van der Waals surface area contributed by atoms with Crippen molar-refractivity contribution in [3.63, 3.8) is 0 Å². The highest BCUT2D eigenvalue weighted by molar-refractivity contribution is 5.95. The molecule has 0 saturated carbocycles. The van der Waals surface area contributed by atoms with Crippen LogP contribution >= 0.6 is 0 Å². The van der Waals surface area contributed by atoms with Crippen LogP contribution in [0, 0.1) is 0 Å². The Labute approximate surface area is 137 Å². The smallest absolute Gasteiger partial charge is 0.244 e. The van der Waals surface area contributed by atoms with E-state index in [0.29, 0.717) is 6.04 Å². The minimum atomic E-state index is -0.0338. The average molecular weight is 309 g/mol. The Morgan fingerprint density at radius 2 is 2.17 bits per heavy atom. The molecule has 0 bridgehead atoms. The summed E-state index contributed by atoms with van der Waals surface area (Å²) in [5.74, 6) is -0.0338. The molecule has 2 aromatic rings. The van der Waals surface area contributed by atoms with Crippen molar-refractivity contribution < 1.29 is 4.79 Å². The molecule has 1 fully saturated rings. The highest BCUT2D eigenvalue weighted by Crippen LogP contribution is 2.17. The summed E-state index contributed by atoms with van der Waals surface area (Å²) < 4.78 is 0. The maximum Gasteiger partial charge on any atom is 0.244 e. The molecule has 1 aliphatic heterocycles. The SMILES string of the molecule is CC(C)N1CC[C@H](NC(=O)/C=C/c2cccc3cccnc23)C1. The second kappa shape index (κ2) is 6.92. The van der Waals surface area contributed by atoms with Crippen molar-refractivity contribution in [2.45, 2.75) is 32.4 Å². The number of benzene rings is 1. The Morgan fingerprint density at radius 3 is 2.96 bits per heavy atom. The van der Waals surface area contributed by atoms with Gasteiger partial charge in [0.15, 0.2) is 0 Å². The van der Waals surface area contributed by atoms with Gasteiger partial charge in [-0.15, -0.1) is 0 Å². The normalized spacial score (nSPS) is 19.0. The standard InChI is InChI=1S/C19H23N3O/c1-14(2)22-12-10-17(13-22)21-18(23)9-8-16-6-3-5-15-7-4-11-20-19(15)16/h3-9,11,14,17H,10,12-13H2,1-2H3,(H,21,23)/b9-8+/t17-/m0/s1. The number of fused-ring (bicyclic) bond motifs is 1. The number of carbonyl (C=O) groups is 1. The van der Waals surface area contributed by atoms with Gasteiger partial charge < -0.3 is 5.32 Å². The van der Waals surface area contributed by atoms with E-state index in [4.69, 9.17) is 0 Å².